The van der Waals surface area contributed by atoms with Gasteiger partial charge in [-0.05, 0) is 37.5 Å². The molecule has 2 N–H and O–H groups in total. The summed E-state index contributed by atoms with van der Waals surface area (Å²) in [4.78, 5) is 2.64. The molecule has 2 nitrogen and oxygen atoms in total. The Hall–Kier alpha value is -0.0800. The Balaban J connectivity index is 2.65. The number of nitrogens with zero attached hydrogens (tertiary/aromatic N) is 1. The van der Waals surface area contributed by atoms with Crippen LogP contribution in [0.25, 0.3) is 0 Å². The van der Waals surface area contributed by atoms with Crippen LogP contribution in [0, 0.1) is 17.3 Å². The second kappa shape index (κ2) is 5.05. The summed E-state index contributed by atoms with van der Waals surface area (Å²) in [6.07, 6.45) is 1.37. The summed E-state index contributed by atoms with van der Waals surface area (Å²) in [5.74, 6) is 1.64. The first kappa shape index (κ1) is 14.0. The van der Waals surface area contributed by atoms with Crippen LogP contribution in [0.2, 0.25) is 0 Å². The molecule has 0 saturated carbocycles. The van der Waals surface area contributed by atoms with Gasteiger partial charge < -0.3 is 5.73 Å². The highest BCUT2D eigenvalue weighted by atomic mass is 15.2. The molecule has 1 heterocycles. The number of likely N-dealkylation sites (tertiary alicyclic amines) is 1. The minimum Gasteiger partial charge on any atom is -0.327 e. The van der Waals surface area contributed by atoms with Crippen LogP contribution in [0.5, 0.6) is 0 Å². The van der Waals surface area contributed by atoms with Crippen molar-refractivity contribution < 1.29 is 0 Å². The van der Waals surface area contributed by atoms with Gasteiger partial charge in [0, 0.05) is 25.2 Å². The SMILES string of the molecule is CC1CC(C)C(C)N(CC(C)(C)C(C)N)C1. The van der Waals surface area contributed by atoms with E-state index in [0.29, 0.717) is 6.04 Å². The van der Waals surface area contributed by atoms with Crippen LogP contribution in [-0.2, 0) is 0 Å². The molecular formula is C14H30N2. The molecule has 16 heavy (non-hydrogen) atoms. The second-order valence-electron chi connectivity index (χ2n) is 6.77. The predicted octanol–water partition coefficient (Wildman–Crippen LogP) is 2.73. The van der Waals surface area contributed by atoms with E-state index in [1.54, 1.807) is 0 Å². The fraction of sp³-hybridized carbons (Fsp3) is 1.00. The molecule has 1 aliphatic rings. The molecule has 0 bridgehead atoms. The molecule has 0 aliphatic carbocycles. The minimum atomic E-state index is 0.213. The van der Waals surface area contributed by atoms with Crippen LogP contribution in [-0.4, -0.2) is 30.1 Å². The van der Waals surface area contributed by atoms with Gasteiger partial charge in [0.25, 0.3) is 0 Å². The van der Waals surface area contributed by atoms with Gasteiger partial charge >= 0.3 is 0 Å². The fourth-order valence-electron chi connectivity index (χ4n) is 2.71. The van der Waals surface area contributed by atoms with E-state index in [9.17, 15) is 0 Å². The van der Waals surface area contributed by atoms with Crippen molar-refractivity contribution >= 4 is 0 Å². The molecule has 0 aromatic rings. The number of hydrogen-bond donors (Lipinski definition) is 1. The highest BCUT2D eigenvalue weighted by Gasteiger charge is 2.33. The molecule has 2 heteroatoms. The summed E-state index contributed by atoms with van der Waals surface area (Å²) in [6.45, 7) is 16.2. The number of rotatable bonds is 3. The minimum absolute atomic E-state index is 0.213. The lowest BCUT2D eigenvalue weighted by molar-refractivity contribution is 0.0402. The highest BCUT2D eigenvalue weighted by molar-refractivity contribution is 4.88. The van der Waals surface area contributed by atoms with E-state index in [1.165, 1.54) is 13.0 Å². The third-order valence-corrected chi connectivity index (χ3v) is 4.56. The maximum Gasteiger partial charge on any atom is 0.00930 e. The smallest absolute Gasteiger partial charge is 0.00930 e. The maximum absolute atomic E-state index is 6.08. The summed E-state index contributed by atoms with van der Waals surface area (Å²) < 4.78 is 0. The van der Waals surface area contributed by atoms with Crippen molar-refractivity contribution in [2.45, 2.75) is 60.0 Å². The average molecular weight is 226 g/mol. The Bertz CT molecular complexity index is 223. The molecule has 0 amide bonds. The standard InChI is InChI=1S/C14H30N2/c1-10-7-11(2)12(3)16(8-10)9-14(5,6)13(4)15/h10-13H,7-9,15H2,1-6H3. The van der Waals surface area contributed by atoms with Gasteiger partial charge in [-0.2, -0.15) is 0 Å². The van der Waals surface area contributed by atoms with E-state index in [0.717, 1.165) is 18.4 Å². The summed E-state index contributed by atoms with van der Waals surface area (Å²) in [5, 5.41) is 0. The van der Waals surface area contributed by atoms with Gasteiger partial charge in [0.05, 0.1) is 0 Å². The van der Waals surface area contributed by atoms with Crippen molar-refractivity contribution in [3.63, 3.8) is 0 Å². The molecule has 1 fully saturated rings. The molecule has 96 valence electrons. The lowest BCUT2D eigenvalue weighted by Crippen LogP contribution is -2.52. The van der Waals surface area contributed by atoms with Gasteiger partial charge in [-0.25, -0.2) is 0 Å². The number of nitrogens with two attached hydrogens (primary N) is 1. The van der Waals surface area contributed by atoms with Gasteiger partial charge in [0.1, 0.15) is 0 Å². The van der Waals surface area contributed by atoms with Gasteiger partial charge in [-0.1, -0.05) is 27.7 Å². The monoisotopic (exact) mass is 226 g/mol. The summed E-state index contributed by atoms with van der Waals surface area (Å²) in [5.41, 5.74) is 6.29. The molecule has 1 aliphatic heterocycles. The van der Waals surface area contributed by atoms with Crippen molar-refractivity contribution in [1.29, 1.82) is 0 Å². The quantitative estimate of drug-likeness (QED) is 0.802. The van der Waals surface area contributed by atoms with E-state index in [-0.39, 0.29) is 11.5 Å². The van der Waals surface area contributed by atoms with Crippen LogP contribution in [0.3, 0.4) is 0 Å². The lowest BCUT2D eigenvalue weighted by atomic mass is 9.81. The van der Waals surface area contributed by atoms with Crippen molar-refractivity contribution in [2.24, 2.45) is 23.0 Å². The summed E-state index contributed by atoms with van der Waals surface area (Å²) in [6, 6.07) is 0.960. The zero-order valence-corrected chi connectivity index (χ0v) is 12.0. The van der Waals surface area contributed by atoms with Gasteiger partial charge in [-0.15, -0.1) is 0 Å². The topological polar surface area (TPSA) is 29.3 Å². The molecule has 0 aromatic carbocycles. The maximum atomic E-state index is 6.08. The van der Waals surface area contributed by atoms with Crippen LogP contribution in [0.1, 0.15) is 48.0 Å². The van der Waals surface area contributed by atoms with Crippen molar-refractivity contribution in [3.05, 3.63) is 0 Å². The van der Waals surface area contributed by atoms with Gasteiger partial charge in [0.15, 0.2) is 0 Å². The fourth-order valence-corrected chi connectivity index (χ4v) is 2.71. The Morgan fingerprint density at radius 1 is 1.31 bits per heavy atom. The van der Waals surface area contributed by atoms with E-state index in [2.05, 4.69) is 46.4 Å². The molecule has 4 atom stereocenters. The predicted molar refractivity (Wildman–Crippen MR) is 71.4 cm³/mol. The normalized spacial score (nSPS) is 35.1. The van der Waals surface area contributed by atoms with E-state index >= 15 is 0 Å². The van der Waals surface area contributed by atoms with Crippen LogP contribution >= 0.6 is 0 Å². The number of piperidine rings is 1. The molecule has 0 radical (unpaired) electrons. The van der Waals surface area contributed by atoms with E-state index in [1.807, 2.05) is 0 Å². The molecule has 0 spiro atoms. The molecular weight excluding hydrogens is 196 g/mol. The molecule has 1 rings (SSSR count). The number of hydrogen-bond acceptors (Lipinski definition) is 2. The summed E-state index contributed by atoms with van der Waals surface area (Å²) in [7, 11) is 0. The average Bonchev–Trinajstić information content (AvgIpc) is 2.12. The largest absolute Gasteiger partial charge is 0.327 e. The Morgan fingerprint density at radius 2 is 1.88 bits per heavy atom. The van der Waals surface area contributed by atoms with Crippen LogP contribution in [0.15, 0.2) is 0 Å². The first-order chi connectivity index (χ1) is 7.24. The van der Waals surface area contributed by atoms with E-state index in [4.69, 9.17) is 5.73 Å². The second-order valence-corrected chi connectivity index (χ2v) is 6.77. The lowest BCUT2D eigenvalue weighted by Gasteiger charge is -2.45. The Morgan fingerprint density at radius 3 is 2.38 bits per heavy atom. The Labute approximate surface area is 102 Å². The van der Waals surface area contributed by atoms with Gasteiger partial charge in [0.2, 0.25) is 0 Å². The highest BCUT2D eigenvalue weighted by Crippen LogP contribution is 2.30. The Kier molecular flexibility index (Phi) is 4.42. The molecule has 4 unspecified atom stereocenters. The third kappa shape index (κ3) is 3.21. The molecule has 1 saturated heterocycles. The van der Waals surface area contributed by atoms with Crippen LogP contribution in [0.4, 0.5) is 0 Å². The van der Waals surface area contributed by atoms with E-state index < -0.39 is 0 Å². The third-order valence-electron chi connectivity index (χ3n) is 4.56. The molecule has 0 aromatic heterocycles. The summed E-state index contributed by atoms with van der Waals surface area (Å²) >= 11 is 0. The first-order valence-corrected chi connectivity index (χ1v) is 6.73. The van der Waals surface area contributed by atoms with Crippen molar-refractivity contribution in [1.82, 2.24) is 4.90 Å². The van der Waals surface area contributed by atoms with Gasteiger partial charge in [-0.3, -0.25) is 4.90 Å². The van der Waals surface area contributed by atoms with Crippen molar-refractivity contribution in [3.8, 4) is 0 Å². The zero-order valence-electron chi connectivity index (χ0n) is 12.0. The first-order valence-electron chi connectivity index (χ1n) is 6.73. The zero-order chi connectivity index (χ0) is 12.5. The van der Waals surface area contributed by atoms with Crippen LogP contribution < -0.4 is 5.73 Å². The van der Waals surface area contributed by atoms with Crippen molar-refractivity contribution in [2.75, 3.05) is 13.1 Å².